The molecule has 0 aliphatic heterocycles. The van der Waals surface area contributed by atoms with Gasteiger partial charge < -0.3 is 5.32 Å². The van der Waals surface area contributed by atoms with Crippen molar-refractivity contribution in [3.63, 3.8) is 0 Å². The summed E-state index contributed by atoms with van der Waals surface area (Å²) < 4.78 is 0. The van der Waals surface area contributed by atoms with Gasteiger partial charge in [-0.3, -0.25) is 4.79 Å². The minimum atomic E-state index is 0.0426. The lowest BCUT2D eigenvalue weighted by molar-refractivity contribution is -0.118. The van der Waals surface area contributed by atoms with E-state index < -0.39 is 0 Å². The molecule has 2 heteroatoms. The predicted molar refractivity (Wildman–Crippen MR) is 98.3 cm³/mol. The molecule has 0 heterocycles. The van der Waals surface area contributed by atoms with Crippen molar-refractivity contribution in [2.24, 2.45) is 17.8 Å². The van der Waals surface area contributed by atoms with E-state index in [4.69, 9.17) is 0 Å². The van der Waals surface area contributed by atoms with Crippen LogP contribution in [0.1, 0.15) is 90.9 Å². The van der Waals surface area contributed by atoms with Crippen LogP contribution in [0.15, 0.2) is 12.2 Å². The Bertz CT molecular complexity index is 373. The lowest BCUT2D eigenvalue weighted by Gasteiger charge is -2.38. The fraction of sp³-hybridized carbons (Fsp3) is 0.857. The average molecular weight is 320 g/mol. The van der Waals surface area contributed by atoms with E-state index in [-0.39, 0.29) is 5.91 Å². The maximum Gasteiger partial charge on any atom is 0.246 e. The highest BCUT2D eigenvalue weighted by Gasteiger charge is 2.31. The van der Waals surface area contributed by atoms with Crippen LogP contribution in [0.3, 0.4) is 0 Å². The third-order valence-electron chi connectivity index (χ3n) is 6.27. The third kappa shape index (κ3) is 5.97. The second kappa shape index (κ2) is 9.49. The van der Waals surface area contributed by atoms with Crippen molar-refractivity contribution < 1.29 is 4.79 Å². The highest BCUT2D eigenvalue weighted by Crippen LogP contribution is 2.41. The second-order valence-corrected chi connectivity index (χ2v) is 8.14. The van der Waals surface area contributed by atoms with Crippen LogP contribution in [0, 0.1) is 17.8 Å². The zero-order chi connectivity index (χ0) is 16.7. The van der Waals surface area contributed by atoms with Crippen LogP contribution in [-0.4, -0.2) is 11.9 Å². The molecule has 2 fully saturated rings. The van der Waals surface area contributed by atoms with Crippen molar-refractivity contribution in [1.82, 2.24) is 5.32 Å². The molecule has 0 saturated heterocycles. The Hall–Kier alpha value is -0.790. The van der Waals surface area contributed by atoms with E-state index in [2.05, 4.69) is 18.8 Å². The number of nitrogens with one attached hydrogen (secondary N) is 1. The van der Waals surface area contributed by atoms with E-state index in [9.17, 15) is 4.79 Å². The van der Waals surface area contributed by atoms with Crippen LogP contribution in [0.2, 0.25) is 0 Å². The maximum absolute atomic E-state index is 11.7. The van der Waals surface area contributed by atoms with Crippen molar-refractivity contribution >= 4 is 5.91 Å². The van der Waals surface area contributed by atoms with Gasteiger partial charge in [0.1, 0.15) is 0 Å². The van der Waals surface area contributed by atoms with Crippen LogP contribution in [-0.2, 0) is 4.79 Å². The van der Waals surface area contributed by atoms with E-state index in [0.717, 1.165) is 17.8 Å². The van der Waals surface area contributed by atoms with Gasteiger partial charge in [0, 0.05) is 11.6 Å². The van der Waals surface area contributed by atoms with E-state index in [0.29, 0.717) is 11.6 Å². The van der Waals surface area contributed by atoms with E-state index in [1.54, 1.807) is 6.92 Å². The summed E-state index contributed by atoms with van der Waals surface area (Å²) >= 11 is 0. The zero-order valence-electron chi connectivity index (χ0n) is 15.4. The first-order chi connectivity index (χ1) is 11.1. The Morgan fingerprint density at radius 3 is 2.04 bits per heavy atom. The molecular weight excluding hydrogens is 282 g/mol. The minimum Gasteiger partial charge on any atom is -0.350 e. The van der Waals surface area contributed by atoms with Crippen LogP contribution < -0.4 is 5.32 Å². The molecule has 2 nitrogen and oxygen atoms in total. The molecule has 2 aliphatic carbocycles. The zero-order valence-corrected chi connectivity index (χ0v) is 15.4. The molecule has 0 bridgehead atoms. The van der Waals surface area contributed by atoms with Crippen molar-refractivity contribution in [2.45, 2.75) is 96.9 Å². The van der Waals surface area contributed by atoms with E-state index >= 15 is 0 Å². The number of carbonyl (C=O) groups excluding carboxylic acids is 1. The van der Waals surface area contributed by atoms with Crippen LogP contribution >= 0.6 is 0 Å². The van der Waals surface area contributed by atoms with Gasteiger partial charge in [0.2, 0.25) is 5.91 Å². The summed E-state index contributed by atoms with van der Waals surface area (Å²) in [6.07, 6.45) is 16.5. The third-order valence-corrected chi connectivity index (χ3v) is 6.27. The average Bonchev–Trinajstić information content (AvgIpc) is 2.56. The minimum absolute atomic E-state index is 0.0426. The fourth-order valence-corrected chi connectivity index (χ4v) is 4.67. The van der Waals surface area contributed by atoms with Crippen LogP contribution in [0.4, 0.5) is 0 Å². The highest BCUT2D eigenvalue weighted by molar-refractivity contribution is 5.92. The smallest absolute Gasteiger partial charge is 0.246 e. The summed E-state index contributed by atoms with van der Waals surface area (Å²) in [5.74, 6) is 2.95. The van der Waals surface area contributed by atoms with Gasteiger partial charge in [0.25, 0.3) is 0 Å². The Labute approximate surface area is 143 Å². The molecule has 1 N–H and O–H groups in total. The molecule has 2 aliphatic rings. The number of rotatable bonds is 7. The second-order valence-electron chi connectivity index (χ2n) is 8.14. The van der Waals surface area contributed by atoms with Crippen molar-refractivity contribution in [3.05, 3.63) is 12.2 Å². The molecule has 0 atom stereocenters. The van der Waals surface area contributed by atoms with Gasteiger partial charge in [-0.25, -0.2) is 0 Å². The molecule has 2 saturated carbocycles. The van der Waals surface area contributed by atoms with Gasteiger partial charge in [-0.2, -0.15) is 0 Å². The summed E-state index contributed by atoms with van der Waals surface area (Å²) in [5.41, 5.74) is 0.633. The monoisotopic (exact) mass is 319 g/mol. The quantitative estimate of drug-likeness (QED) is 0.478. The van der Waals surface area contributed by atoms with Gasteiger partial charge in [0.05, 0.1) is 0 Å². The van der Waals surface area contributed by atoms with Crippen LogP contribution in [0.5, 0.6) is 0 Å². The van der Waals surface area contributed by atoms with E-state index in [1.165, 1.54) is 77.0 Å². The first-order valence-electron chi connectivity index (χ1n) is 10.1. The van der Waals surface area contributed by atoms with Crippen molar-refractivity contribution in [3.8, 4) is 0 Å². The summed E-state index contributed by atoms with van der Waals surface area (Å²) in [4.78, 5) is 11.7. The SMILES string of the molecule is C=C(C)C(=O)NC1CCC(C2CCC(CCCCC)CC2)CC1. The Kier molecular flexibility index (Phi) is 7.65. The molecular formula is C21H37NO. The first-order valence-corrected chi connectivity index (χ1v) is 10.1. The van der Waals surface area contributed by atoms with Gasteiger partial charge in [-0.15, -0.1) is 0 Å². The Morgan fingerprint density at radius 1 is 0.957 bits per heavy atom. The van der Waals surface area contributed by atoms with Gasteiger partial charge in [-0.05, 0) is 63.2 Å². The fourth-order valence-electron chi connectivity index (χ4n) is 4.67. The molecule has 2 rings (SSSR count). The molecule has 0 aromatic rings. The molecule has 23 heavy (non-hydrogen) atoms. The number of hydrogen-bond donors (Lipinski definition) is 1. The normalized spacial score (nSPS) is 31.6. The molecule has 0 spiro atoms. The Morgan fingerprint density at radius 2 is 1.52 bits per heavy atom. The Balaban J connectivity index is 1.64. The predicted octanol–water partition coefficient (Wildman–Crippen LogP) is 5.62. The highest BCUT2D eigenvalue weighted by atomic mass is 16.1. The molecule has 1 amide bonds. The lowest BCUT2D eigenvalue weighted by atomic mass is 9.69. The summed E-state index contributed by atoms with van der Waals surface area (Å²) in [6.45, 7) is 7.82. The number of hydrogen-bond acceptors (Lipinski definition) is 1. The maximum atomic E-state index is 11.7. The molecule has 132 valence electrons. The molecule has 0 unspecified atom stereocenters. The van der Waals surface area contributed by atoms with Crippen LogP contribution in [0.25, 0.3) is 0 Å². The van der Waals surface area contributed by atoms with Gasteiger partial charge >= 0.3 is 0 Å². The molecule has 0 radical (unpaired) electrons. The summed E-state index contributed by atoms with van der Waals surface area (Å²) in [7, 11) is 0. The van der Waals surface area contributed by atoms with Crippen molar-refractivity contribution in [2.75, 3.05) is 0 Å². The van der Waals surface area contributed by atoms with Gasteiger partial charge in [0.15, 0.2) is 0 Å². The van der Waals surface area contributed by atoms with Crippen molar-refractivity contribution in [1.29, 1.82) is 0 Å². The first kappa shape index (κ1) is 18.5. The molecule has 0 aromatic carbocycles. The topological polar surface area (TPSA) is 29.1 Å². The largest absolute Gasteiger partial charge is 0.350 e. The number of carbonyl (C=O) groups is 1. The summed E-state index contributed by atoms with van der Waals surface area (Å²) in [6, 6.07) is 0.390. The summed E-state index contributed by atoms with van der Waals surface area (Å²) in [5, 5.41) is 3.14. The standard InChI is InChI=1S/C21H37NO/c1-4-5-6-7-17-8-10-18(11-9-17)19-12-14-20(15-13-19)22-21(23)16(2)3/h17-20H,2,4-15H2,1,3H3,(H,22,23). The number of amides is 1. The van der Waals surface area contributed by atoms with Gasteiger partial charge in [-0.1, -0.05) is 52.0 Å². The lowest BCUT2D eigenvalue weighted by Crippen LogP contribution is -2.39. The molecule has 0 aromatic heterocycles. The van der Waals surface area contributed by atoms with E-state index in [1.807, 2.05) is 0 Å². The number of unbranched alkanes of at least 4 members (excludes halogenated alkanes) is 2.